The van der Waals surface area contributed by atoms with Gasteiger partial charge in [-0.25, -0.2) is 0 Å². The summed E-state index contributed by atoms with van der Waals surface area (Å²) in [6.45, 7) is 5.23. The third-order valence-corrected chi connectivity index (χ3v) is 5.56. The number of benzene rings is 2. The number of amides is 1. The van der Waals surface area contributed by atoms with E-state index in [0.717, 1.165) is 16.7 Å². The van der Waals surface area contributed by atoms with Crippen LogP contribution in [0.1, 0.15) is 38.3 Å². The van der Waals surface area contributed by atoms with Crippen LogP contribution < -0.4 is 10.6 Å². The molecule has 0 spiro atoms. The summed E-state index contributed by atoms with van der Waals surface area (Å²) in [7, 11) is 0. The number of hydrogen-bond acceptors (Lipinski definition) is 4. The number of hydrogen-bond donors (Lipinski definition) is 3. The van der Waals surface area contributed by atoms with Crippen molar-refractivity contribution in [3.05, 3.63) is 108 Å². The van der Waals surface area contributed by atoms with E-state index in [-0.39, 0.29) is 19.1 Å². The molecule has 1 atom stereocenters. The van der Waals surface area contributed by atoms with E-state index >= 15 is 0 Å². The number of carbonyl (C=O) groups is 2. The summed E-state index contributed by atoms with van der Waals surface area (Å²) in [4.78, 5) is 24.6. The van der Waals surface area contributed by atoms with Crippen molar-refractivity contribution in [1.29, 1.82) is 0 Å². The smallest absolute Gasteiger partial charge is 0.323 e. The van der Waals surface area contributed by atoms with Crippen LogP contribution in [0, 0.1) is 0 Å². The second-order valence-corrected chi connectivity index (χ2v) is 9.51. The Labute approximate surface area is 207 Å². The largest absolute Gasteiger partial charge is 0.480 e. The van der Waals surface area contributed by atoms with Crippen molar-refractivity contribution in [2.45, 2.75) is 44.3 Å². The van der Waals surface area contributed by atoms with Crippen molar-refractivity contribution in [3.8, 4) is 0 Å². The van der Waals surface area contributed by atoms with E-state index in [1.54, 1.807) is 0 Å². The second-order valence-electron chi connectivity index (χ2n) is 9.51. The van der Waals surface area contributed by atoms with Gasteiger partial charge in [0.1, 0.15) is 12.6 Å². The van der Waals surface area contributed by atoms with Gasteiger partial charge in [-0.3, -0.25) is 14.9 Å². The van der Waals surface area contributed by atoms with E-state index in [0.29, 0.717) is 6.42 Å². The Bertz CT molecular complexity index is 1040. The zero-order chi connectivity index (χ0) is 25.3. The van der Waals surface area contributed by atoms with E-state index < -0.39 is 23.1 Å². The lowest BCUT2D eigenvalue weighted by Crippen LogP contribution is -2.54. The summed E-state index contributed by atoms with van der Waals surface area (Å²) in [5, 5.41) is 16.4. The van der Waals surface area contributed by atoms with Crippen LogP contribution in [-0.2, 0) is 19.9 Å². The Morgan fingerprint density at radius 1 is 0.971 bits per heavy atom. The van der Waals surface area contributed by atoms with Crippen LogP contribution in [0.3, 0.4) is 0 Å². The molecule has 6 heteroatoms. The van der Waals surface area contributed by atoms with Gasteiger partial charge < -0.3 is 15.2 Å². The maximum Gasteiger partial charge on any atom is 0.323 e. The van der Waals surface area contributed by atoms with Crippen molar-refractivity contribution >= 4 is 11.9 Å². The predicted octanol–water partition coefficient (Wildman–Crippen LogP) is 4.35. The Balaban J connectivity index is 2.00. The minimum Gasteiger partial charge on any atom is -0.480 e. The van der Waals surface area contributed by atoms with Crippen molar-refractivity contribution in [2.24, 2.45) is 0 Å². The average Bonchev–Trinajstić information content (AvgIpc) is 3.11. The normalized spacial score (nSPS) is 14.7. The van der Waals surface area contributed by atoms with Crippen molar-refractivity contribution < 1.29 is 19.4 Å². The van der Waals surface area contributed by atoms with Crippen LogP contribution >= 0.6 is 0 Å². The van der Waals surface area contributed by atoms with Gasteiger partial charge in [0.2, 0.25) is 5.91 Å². The molecule has 3 rings (SSSR count). The Hall–Kier alpha value is -3.48. The first-order valence-electron chi connectivity index (χ1n) is 11.8. The predicted molar refractivity (Wildman–Crippen MR) is 138 cm³/mol. The monoisotopic (exact) mass is 474 g/mol. The van der Waals surface area contributed by atoms with Crippen LogP contribution in [-0.4, -0.2) is 41.8 Å². The maximum atomic E-state index is 12.4. The molecule has 6 nitrogen and oxygen atoms in total. The van der Waals surface area contributed by atoms with Gasteiger partial charge in [0.25, 0.3) is 0 Å². The third-order valence-electron chi connectivity index (χ3n) is 5.56. The lowest BCUT2D eigenvalue weighted by atomic mass is 9.75. The highest BCUT2D eigenvalue weighted by molar-refractivity contribution is 5.78. The number of carboxylic acids is 1. The Morgan fingerprint density at radius 2 is 1.57 bits per heavy atom. The second kappa shape index (κ2) is 11.8. The zero-order valence-corrected chi connectivity index (χ0v) is 20.5. The van der Waals surface area contributed by atoms with Gasteiger partial charge in [-0.15, -0.1) is 0 Å². The zero-order valence-electron chi connectivity index (χ0n) is 20.5. The highest BCUT2D eigenvalue weighted by Crippen LogP contribution is 2.39. The van der Waals surface area contributed by atoms with Crippen molar-refractivity contribution in [1.82, 2.24) is 10.6 Å². The molecule has 0 saturated heterocycles. The number of ether oxygens (including phenoxy) is 1. The molecule has 2 aromatic rings. The van der Waals surface area contributed by atoms with Gasteiger partial charge >= 0.3 is 5.97 Å². The number of carbonyl (C=O) groups excluding carboxylic acids is 1. The van der Waals surface area contributed by atoms with E-state index in [9.17, 15) is 14.7 Å². The molecule has 35 heavy (non-hydrogen) atoms. The van der Waals surface area contributed by atoms with Gasteiger partial charge in [0.05, 0.1) is 12.1 Å². The summed E-state index contributed by atoms with van der Waals surface area (Å²) < 4.78 is 5.59. The van der Waals surface area contributed by atoms with Crippen LogP contribution in [0.4, 0.5) is 0 Å². The molecule has 1 aliphatic rings. The molecule has 0 saturated carbocycles. The average molecular weight is 475 g/mol. The minimum atomic E-state index is -1.08. The van der Waals surface area contributed by atoms with E-state index in [4.69, 9.17) is 4.74 Å². The summed E-state index contributed by atoms with van der Waals surface area (Å²) >= 11 is 0. The van der Waals surface area contributed by atoms with Crippen molar-refractivity contribution in [3.63, 3.8) is 0 Å². The van der Waals surface area contributed by atoms with Gasteiger partial charge in [0.15, 0.2) is 0 Å². The third kappa shape index (κ3) is 7.01. The maximum absolute atomic E-state index is 12.4. The molecular weight excluding hydrogens is 440 g/mol. The molecule has 1 aliphatic carbocycles. The van der Waals surface area contributed by atoms with Gasteiger partial charge in [-0.2, -0.15) is 0 Å². The van der Waals surface area contributed by atoms with Crippen molar-refractivity contribution in [2.75, 3.05) is 13.2 Å². The first-order valence-corrected chi connectivity index (χ1v) is 11.8. The molecule has 0 radical (unpaired) electrons. The molecular formula is C29H34N2O4. The quantitative estimate of drug-likeness (QED) is 0.477. The molecule has 0 heterocycles. The van der Waals surface area contributed by atoms with Gasteiger partial charge in [0, 0.05) is 5.54 Å². The first-order chi connectivity index (χ1) is 16.7. The van der Waals surface area contributed by atoms with Crippen LogP contribution in [0.2, 0.25) is 0 Å². The summed E-state index contributed by atoms with van der Waals surface area (Å²) in [5.41, 5.74) is 1.39. The first kappa shape index (κ1) is 26.1. The Morgan fingerprint density at radius 3 is 2.11 bits per heavy atom. The SMILES string of the molecule is CC(C)(C)NC(=O)COCC(NC(C1=CCC=CC=C1)(c1ccccc1)c1ccccc1)C(=O)O. The fourth-order valence-electron chi connectivity index (χ4n) is 4.14. The summed E-state index contributed by atoms with van der Waals surface area (Å²) in [5.74, 6) is -1.35. The summed E-state index contributed by atoms with van der Waals surface area (Å²) in [6, 6.07) is 18.5. The molecule has 0 bridgehead atoms. The molecule has 3 N–H and O–H groups in total. The fraction of sp³-hybridized carbons (Fsp3) is 0.310. The van der Waals surface area contributed by atoms with Gasteiger partial charge in [-0.1, -0.05) is 91.0 Å². The van der Waals surface area contributed by atoms with E-state index in [1.807, 2.05) is 99.7 Å². The minimum absolute atomic E-state index is 0.177. The number of carboxylic acid groups (broad SMARTS) is 1. The molecule has 0 fully saturated rings. The number of allylic oxidation sites excluding steroid dienone is 4. The highest BCUT2D eigenvalue weighted by atomic mass is 16.5. The molecule has 2 aromatic carbocycles. The Kier molecular flexibility index (Phi) is 8.79. The summed E-state index contributed by atoms with van der Waals surface area (Å²) in [6.07, 6.45) is 10.8. The van der Waals surface area contributed by atoms with E-state index in [1.165, 1.54) is 0 Å². The molecule has 1 amide bonds. The number of nitrogens with one attached hydrogen (secondary N) is 2. The lowest BCUT2D eigenvalue weighted by Gasteiger charge is -2.40. The molecule has 184 valence electrons. The molecule has 0 aliphatic heterocycles. The standard InChI is InChI=1S/C29H34N2O4/c1-28(2,3)31-26(32)21-35-20-25(27(33)34)30-29(23-16-10-6-11-17-23,24-18-12-7-13-19-24)22-14-8-4-5-9-15-22/h4-8,10-19,25,30H,9,20-21H2,1-3H3,(H,31,32)(H,33,34). The number of rotatable bonds is 10. The van der Waals surface area contributed by atoms with Crippen LogP contribution in [0.15, 0.2) is 96.6 Å². The van der Waals surface area contributed by atoms with E-state index in [2.05, 4.69) is 22.8 Å². The van der Waals surface area contributed by atoms with Crippen LogP contribution in [0.25, 0.3) is 0 Å². The van der Waals surface area contributed by atoms with Gasteiger partial charge in [-0.05, 0) is 43.9 Å². The molecule has 1 unspecified atom stereocenters. The lowest BCUT2D eigenvalue weighted by molar-refractivity contribution is -0.143. The topological polar surface area (TPSA) is 87.7 Å². The number of aliphatic carboxylic acids is 1. The molecule has 0 aromatic heterocycles. The highest BCUT2D eigenvalue weighted by Gasteiger charge is 2.40. The van der Waals surface area contributed by atoms with Crippen LogP contribution in [0.5, 0.6) is 0 Å². The fourth-order valence-corrected chi connectivity index (χ4v) is 4.14.